The Labute approximate surface area is 113 Å². The molecule has 2 rings (SSSR count). The zero-order valence-corrected chi connectivity index (χ0v) is 12.2. The second-order valence-electron chi connectivity index (χ2n) is 5.48. The zero-order chi connectivity index (χ0) is 12.3. The van der Waals surface area contributed by atoms with Crippen molar-refractivity contribution in [1.29, 1.82) is 0 Å². The Morgan fingerprint density at radius 1 is 1.18 bits per heavy atom. The van der Waals surface area contributed by atoms with E-state index in [1.807, 2.05) is 0 Å². The molecular weight excluding hydrogens is 274 g/mol. The number of hydrogen-bond acceptors (Lipinski definition) is 1. The Bertz CT molecular complexity index is 365. The van der Waals surface area contributed by atoms with Gasteiger partial charge in [0, 0.05) is 10.0 Å². The summed E-state index contributed by atoms with van der Waals surface area (Å²) in [7, 11) is 0. The molecule has 0 spiro atoms. The maximum Gasteiger partial charge on any atom is 0.0410 e. The Hall–Kier alpha value is -0.340. The van der Waals surface area contributed by atoms with E-state index in [0.29, 0.717) is 5.92 Å². The molecule has 1 aliphatic carbocycles. The van der Waals surface area contributed by atoms with Crippen molar-refractivity contribution in [1.82, 2.24) is 0 Å². The summed E-state index contributed by atoms with van der Waals surface area (Å²) < 4.78 is 1.13. The Balaban J connectivity index is 2.21. The summed E-state index contributed by atoms with van der Waals surface area (Å²) in [6.45, 7) is 2.20. The second-order valence-corrected chi connectivity index (χ2v) is 6.40. The first-order valence-corrected chi connectivity index (χ1v) is 7.45. The van der Waals surface area contributed by atoms with E-state index >= 15 is 0 Å². The van der Waals surface area contributed by atoms with Gasteiger partial charge < -0.3 is 5.73 Å². The van der Waals surface area contributed by atoms with Crippen LogP contribution in [0.2, 0.25) is 0 Å². The van der Waals surface area contributed by atoms with E-state index in [1.54, 1.807) is 0 Å². The van der Waals surface area contributed by atoms with E-state index in [-0.39, 0.29) is 5.54 Å². The third-order valence-corrected chi connectivity index (χ3v) is 4.64. The third-order valence-electron chi connectivity index (χ3n) is 4.15. The van der Waals surface area contributed by atoms with Gasteiger partial charge in [-0.15, -0.1) is 0 Å². The van der Waals surface area contributed by atoms with Crippen LogP contribution in [-0.2, 0) is 5.54 Å². The smallest absolute Gasteiger partial charge is 0.0410 e. The molecule has 94 valence electrons. The predicted molar refractivity (Wildman–Crippen MR) is 76.9 cm³/mol. The molecule has 0 bridgehead atoms. The van der Waals surface area contributed by atoms with Crippen molar-refractivity contribution in [2.45, 2.75) is 51.0 Å². The summed E-state index contributed by atoms with van der Waals surface area (Å²) in [4.78, 5) is 0. The lowest BCUT2D eigenvalue weighted by Gasteiger charge is -2.34. The second kappa shape index (κ2) is 5.53. The lowest BCUT2D eigenvalue weighted by molar-refractivity contribution is 0.268. The van der Waals surface area contributed by atoms with Crippen molar-refractivity contribution in [3.8, 4) is 0 Å². The van der Waals surface area contributed by atoms with Crippen molar-refractivity contribution in [2.24, 2.45) is 11.7 Å². The Morgan fingerprint density at radius 3 is 2.41 bits per heavy atom. The predicted octanol–water partition coefficient (Wildman–Crippen LogP) is 4.59. The molecule has 0 saturated heterocycles. The highest BCUT2D eigenvalue weighted by Gasteiger charge is 2.32. The van der Waals surface area contributed by atoms with Gasteiger partial charge in [0.1, 0.15) is 0 Å². The highest BCUT2D eigenvalue weighted by atomic mass is 79.9. The molecule has 2 N–H and O–H groups in total. The Kier molecular flexibility index (Phi) is 4.26. The average Bonchev–Trinajstić information content (AvgIpc) is 2.58. The molecule has 2 heteroatoms. The van der Waals surface area contributed by atoms with Crippen molar-refractivity contribution >= 4 is 15.9 Å². The van der Waals surface area contributed by atoms with Gasteiger partial charge in [-0.05, 0) is 43.4 Å². The molecule has 1 saturated carbocycles. The monoisotopic (exact) mass is 295 g/mol. The number of rotatable bonds is 2. The topological polar surface area (TPSA) is 26.0 Å². The summed E-state index contributed by atoms with van der Waals surface area (Å²) in [6, 6.07) is 8.48. The first-order chi connectivity index (χ1) is 8.10. The van der Waals surface area contributed by atoms with Crippen molar-refractivity contribution in [3.63, 3.8) is 0 Å². The largest absolute Gasteiger partial charge is 0.321 e. The molecule has 1 nitrogen and oxygen atoms in total. The van der Waals surface area contributed by atoms with Crippen molar-refractivity contribution in [3.05, 3.63) is 34.3 Å². The van der Waals surface area contributed by atoms with Crippen molar-refractivity contribution in [2.75, 3.05) is 0 Å². The molecular formula is C15H22BrN. The minimum absolute atomic E-state index is 0.186. The van der Waals surface area contributed by atoms with Gasteiger partial charge in [0.05, 0.1) is 0 Å². The van der Waals surface area contributed by atoms with Crippen LogP contribution in [0.15, 0.2) is 28.7 Å². The average molecular weight is 296 g/mol. The lowest BCUT2D eigenvalue weighted by atomic mass is 9.76. The summed E-state index contributed by atoms with van der Waals surface area (Å²) in [5.41, 5.74) is 7.71. The van der Waals surface area contributed by atoms with E-state index < -0.39 is 0 Å². The summed E-state index contributed by atoms with van der Waals surface area (Å²) in [5.74, 6) is 0.624. The van der Waals surface area contributed by atoms with E-state index in [4.69, 9.17) is 5.73 Å². The van der Waals surface area contributed by atoms with E-state index in [9.17, 15) is 0 Å². The van der Waals surface area contributed by atoms with Gasteiger partial charge in [-0.2, -0.15) is 0 Å². The first kappa shape index (κ1) is 13.1. The van der Waals surface area contributed by atoms with Gasteiger partial charge in [-0.3, -0.25) is 0 Å². The molecule has 0 amide bonds. The van der Waals surface area contributed by atoms with Crippen LogP contribution in [-0.4, -0.2) is 0 Å². The summed E-state index contributed by atoms with van der Waals surface area (Å²) in [6.07, 6.45) is 7.99. The summed E-state index contributed by atoms with van der Waals surface area (Å²) >= 11 is 3.54. The van der Waals surface area contributed by atoms with Gasteiger partial charge >= 0.3 is 0 Å². The Morgan fingerprint density at radius 2 is 1.82 bits per heavy atom. The van der Waals surface area contributed by atoms with Crippen LogP contribution in [0.3, 0.4) is 0 Å². The quantitative estimate of drug-likeness (QED) is 0.793. The van der Waals surface area contributed by atoms with Gasteiger partial charge in [0.2, 0.25) is 0 Å². The molecule has 17 heavy (non-hydrogen) atoms. The van der Waals surface area contributed by atoms with Crippen LogP contribution in [0.1, 0.15) is 51.0 Å². The molecule has 1 fully saturated rings. The van der Waals surface area contributed by atoms with Crippen LogP contribution in [0.4, 0.5) is 0 Å². The molecule has 0 aromatic heterocycles. The van der Waals surface area contributed by atoms with Gasteiger partial charge in [0.15, 0.2) is 0 Å². The van der Waals surface area contributed by atoms with Crippen LogP contribution in [0.25, 0.3) is 0 Å². The number of hydrogen-bond donors (Lipinski definition) is 1. The summed E-state index contributed by atoms with van der Waals surface area (Å²) in [5, 5.41) is 0. The number of benzene rings is 1. The minimum atomic E-state index is -0.186. The molecule has 0 heterocycles. The maximum absolute atomic E-state index is 6.63. The van der Waals surface area contributed by atoms with E-state index in [1.165, 1.54) is 44.1 Å². The molecule has 1 aromatic carbocycles. The molecule has 0 radical (unpaired) electrons. The SMILES string of the molecule is CC(N)(c1cccc(Br)c1)C1CCCCCC1. The molecule has 1 atom stereocenters. The number of nitrogens with two attached hydrogens (primary N) is 1. The fourth-order valence-electron chi connectivity index (χ4n) is 2.94. The third kappa shape index (κ3) is 3.11. The highest BCUT2D eigenvalue weighted by molar-refractivity contribution is 9.10. The van der Waals surface area contributed by atoms with Crippen LogP contribution in [0, 0.1) is 5.92 Å². The van der Waals surface area contributed by atoms with E-state index in [0.717, 1.165) is 4.47 Å². The maximum atomic E-state index is 6.63. The fourth-order valence-corrected chi connectivity index (χ4v) is 3.34. The highest BCUT2D eigenvalue weighted by Crippen LogP contribution is 2.37. The zero-order valence-electron chi connectivity index (χ0n) is 10.6. The van der Waals surface area contributed by atoms with Crippen LogP contribution >= 0.6 is 15.9 Å². The molecule has 1 unspecified atom stereocenters. The van der Waals surface area contributed by atoms with E-state index in [2.05, 4.69) is 47.1 Å². The fraction of sp³-hybridized carbons (Fsp3) is 0.600. The van der Waals surface area contributed by atoms with Crippen molar-refractivity contribution < 1.29 is 0 Å². The van der Waals surface area contributed by atoms with Crippen LogP contribution in [0.5, 0.6) is 0 Å². The molecule has 0 aliphatic heterocycles. The number of halogens is 1. The lowest BCUT2D eigenvalue weighted by Crippen LogP contribution is -2.41. The first-order valence-electron chi connectivity index (χ1n) is 6.65. The molecule has 1 aliphatic rings. The normalized spacial score (nSPS) is 21.8. The van der Waals surface area contributed by atoms with Gasteiger partial charge in [-0.1, -0.05) is 53.7 Å². The van der Waals surface area contributed by atoms with Crippen LogP contribution < -0.4 is 5.73 Å². The van der Waals surface area contributed by atoms with Gasteiger partial charge in [-0.25, -0.2) is 0 Å². The molecule has 1 aromatic rings. The minimum Gasteiger partial charge on any atom is -0.321 e. The van der Waals surface area contributed by atoms with Gasteiger partial charge in [0.25, 0.3) is 0 Å². The standard InChI is InChI=1S/C15H22BrN/c1-15(17,12-7-4-2-3-5-8-12)13-9-6-10-14(16)11-13/h6,9-12H,2-5,7-8,17H2,1H3.